The van der Waals surface area contributed by atoms with E-state index in [9.17, 15) is 22.6 Å². The zero-order chi connectivity index (χ0) is 21.3. The van der Waals surface area contributed by atoms with Crippen LogP contribution in [-0.2, 0) is 29.2 Å². The first-order valence-corrected chi connectivity index (χ1v) is 12.1. The van der Waals surface area contributed by atoms with E-state index in [2.05, 4.69) is 13.8 Å². The van der Waals surface area contributed by atoms with E-state index in [1.54, 1.807) is 0 Å². The minimum Gasteiger partial charge on any atom is -0.466 e. The first-order chi connectivity index (χ1) is 13.3. The van der Waals surface area contributed by atoms with Gasteiger partial charge in [0, 0.05) is 0 Å². The van der Waals surface area contributed by atoms with E-state index in [-0.39, 0.29) is 19.4 Å². The smallest absolute Gasteiger partial charge is 0.327 e. The van der Waals surface area contributed by atoms with Crippen LogP contribution in [0.4, 0.5) is 0 Å². The second-order valence-electron chi connectivity index (χ2n) is 7.13. The Labute approximate surface area is 176 Å². The Morgan fingerprint density at radius 2 is 1.17 bits per heavy atom. The van der Waals surface area contributed by atoms with Crippen molar-refractivity contribution < 1.29 is 32.0 Å². The fourth-order valence-electron chi connectivity index (χ4n) is 2.74. The quantitative estimate of drug-likeness (QED) is 0.177. The highest BCUT2D eigenvalue weighted by atomic mass is 32.2. The maximum atomic E-state index is 12.0. The van der Waals surface area contributed by atoms with E-state index in [0.717, 1.165) is 57.8 Å². The Balaban J connectivity index is 0. The van der Waals surface area contributed by atoms with Gasteiger partial charge < -0.3 is 15.6 Å². The molecule has 5 N–H and O–H groups in total. The van der Waals surface area contributed by atoms with Gasteiger partial charge in [-0.3, -0.25) is 14.1 Å². The zero-order valence-corrected chi connectivity index (χ0v) is 19.3. The van der Waals surface area contributed by atoms with Crippen LogP contribution in [0.15, 0.2) is 0 Å². The predicted octanol–water partition coefficient (Wildman–Crippen LogP) is 4.82. The number of quaternary nitrogens is 1. The van der Waals surface area contributed by atoms with E-state index in [0.29, 0.717) is 12.8 Å². The molecule has 0 aliphatic rings. The molecule has 0 aromatic carbocycles. The SMILES string of the molecule is CCCCCCCCOC(=O)CC(C(=O)OCCCCCCCC)S(=O)(=O)O.[NH4+]. The van der Waals surface area contributed by atoms with Gasteiger partial charge in [0.05, 0.1) is 19.6 Å². The van der Waals surface area contributed by atoms with Gasteiger partial charge in [-0.15, -0.1) is 0 Å². The van der Waals surface area contributed by atoms with Gasteiger partial charge in [-0.1, -0.05) is 78.1 Å². The zero-order valence-electron chi connectivity index (χ0n) is 18.5. The van der Waals surface area contributed by atoms with Crippen molar-refractivity contribution in [3.05, 3.63) is 0 Å². The van der Waals surface area contributed by atoms with Crippen LogP contribution in [0.5, 0.6) is 0 Å². The third-order valence-corrected chi connectivity index (χ3v) is 5.56. The molecule has 1 unspecified atom stereocenters. The number of carbonyl (C=O) groups excluding carboxylic acids is 2. The van der Waals surface area contributed by atoms with Crippen LogP contribution in [-0.4, -0.2) is 43.4 Å². The van der Waals surface area contributed by atoms with Gasteiger partial charge in [0.25, 0.3) is 10.1 Å². The maximum Gasteiger partial charge on any atom is 0.327 e. The van der Waals surface area contributed by atoms with Gasteiger partial charge in [0.2, 0.25) is 0 Å². The van der Waals surface area contributed by atoms with Gasteiger partial charge in [0.1, 0.15) is 0 Å². The van der Waals surface area contributed by atoms with E-state index < -0.39 is 33.7 Å². The second kappa shape index (κ2) is 18.8. The molecule has 0 spiro atoms. The fourth-order valence-corrected chi connectivity index (χ4v) is 3.39. The highest BCUT2D eigenvalue weighted by Crippen LogP contribution is 2.11. The number of unbranched alkanes of at least 4 members (excludes halogenated alkanes) is 10. The Hall–Kier alpha value is -1.19. The summed E-state index contributed by atoms with van der Waals surface area (Å²) in [5.41, 5.74) is 0. The number of esters is 2. The summed E-state index contributed by atoms with van der Waals surface area (Å²) in [4.78, 5) is 23.8. The third kappa shape index (κ3) is 17.4. The van der Waals surface area contributed by atoms with Gasteiger partial charge in [-0.25, -0.2) is 0 Å². The average molecular weight is 441 g/mol. The molecular formula is C20H42NO7S+. The minimum absolute atomic E-state index is 0. The largest absolute Gasteiger partial charge is 0.466 e. The van der Waals surface area contributed by atoms with Crippen molar-refractivity contribution in [2.45, 2.75) is 103 Å². The first-order valence-electron chi connectivity index (χ1n) is 10.6. The summed E-state index contributed by atoms with van der Waals surface area (Å²) in [5, 5.41) is -1.93. The van der Waals surface area contributed by atoms with E-state index in [4.69, 9.17) is 9.47 Å². The monoisotopic (exact) mass is 440 g/mol. The molecule has 0 aliphatic heterocycles. The minimum atomic E-state index is -4.73. The normalized spacial score (nSPS) is 12.1. The second-order valence-corrected chi connectivity index (χ2v) is 8.73. The Bertz CT molecular complexity index is 523. The van der Waals surface area contributed by atoms with Crippen molar-refractivity contribution in [3.63, 3.8) is 0 Å². The van der Waals surface area contributed by atoms with Crippen molar-refractivity contribution in [2.24, 2.45) is 0 Å². The lowest BCUT2D eigenvalue weighted by molar-refractivity contribution is -0.150. The molecule has 0 fully saturated rings. The van der Waals surface area contributed by atoms with E-state index in [1.807, 2.05) is 0 Å². The molecule has 1 atom stereocenters. The third-order valence-electron chi connectivity index (χ3n) is 4.48. The van der Waals surface area contributed by atoms with Crippen LogP contribution in [0, 0.1) is 0 Å². The van der Waals surface area contributed by atoms with Gasteiger partial charge >= 0.3 is 11.9 Å². The van der Waals surface area contributed by atoms with E-state index >= 15 is 0 Å². The summed E-state index contributed by atoms with van der Waals surface area (Å²) < 4.78 is 42.0. The topological polar surface area (TPSA) is 143 Å². The summed E-state index contributed by atoms with van der Waals surface area (Å²) in [6.07, 6.45) is 11.3. The molecule has 0 rings (SSSR count). The molecule has 0 saturated heterocycles. The summed E-state index contributed by atoms with van der Waals surface area (Å²) >= 11 is 0. The van der Waals surface area contributed by atoms with Crippen LogP contribution in [0.3, 0.4) is 0 Å². The van der Waals surface area contributed by atoms with Gasteiger partial charge in [-0.2, -0.15) is 8.42 Å². The van der Waals surface area contributed by atoms with Crippen LogP contribution >= 0.6 is 0 Å². The molecule has 0 amide bonds. The van der Waals surface area contributed by atoms with Crippen molar-refractivity contribution in [2.75, 3.05) is 13.2 Å². The molecule has 0 saturated carbocycles. The predicted molar refractivity (Wildman–Crippen MR) is 115 cm³/mol. The van der Waals surface area contributed by atoms with Crippen molar-refractivity contribution in [3.8, 4) is 0 Å². The molecule has 0 bridgehead atoms. The van der Waals surface area contributed by atoms with Crippen molar-refractivity contribution in [1.29, 1.82) is 0 Å². The van der Waals surface area contributed by atoms with Crippen LogP contribution in [0.2, 0.25) is 0 Å². The van der Waals surface area contributed by atoms with Gasteiger partial charge in [-0.05, 0) is 12.8 Å². The Morgan fingerprint density at radius 1 is 0.759 bits per heavy atom. The van der Waals surface area contributed by atoms with Crippen LogP contribution < -0.4 is 6.15 Å². The molecule has 0 aliphatic carbocycles. The highest BCUT2D eigenvalue weighted by molar-refractivity contribution is 7.87. The number of carbonyl (C=O) groups is 2. The van der Waals surface area contributed by atoms with Crippen LogP contribution in [0.25, 0.3) is 0 Å². The molecule has 174 valence electrons. The average Bonchev–Trinajstić information content (AvgIpc) is 2.63. The number of rotatable bonds is 18. The summed E-state index contributed by atoms with van der Waals surface area (Å²) in [5.74, 6) is -1.93. The lowest BCUT2D eigenvalue weighted by atomic mass is 10.1. The molecule has 9 heteroatoms. The summed E-state index contributed by atoms with van der Waals surface area (Å²) in [6, 6.07) is 0. The fraction of sp³-hybridized carbons (Fsp3) is 0.900. The first kappa shape index (κ1) is 30.0. The Morgan fingerprint density at radius 3 is 1.62 bits per heavy atom. The molecule has 29 heavy (non-hydrogen) atoms. The molecule has 0 radical (unpaired) electrons. The molecule has 0 aromatic heterocycles. The van der Waals surface area contributed by atoms with E-state index in [1.165, 1.54) is 6.42 Å². The summed E-state index contributed by atoms with van der Waals surface area (Å²) in [6.45, 7) is 4.50. The van der Waals surface area contributed by atoms with Crippen molar-refractivity contribution >= 4 is 22.1 Å². The molecular weight excluding hydrogens is 398 g/mol. The lowest BCUT2D eigenvalue weighted by Gasteiger charge is -2.13. The highest BCUT2D eigenvalue weighted by Gasteiger charge is 2.35. The summed E-state index contributed by atoms with van der Waals surface area (Å²) in [7, 11) is -4.73. The van der Waals surface area contributed by atoms with Crippen molar-refractivity contribution in [1.82, 2.24) is 6.15 Å². The van der Waals surface area contributed by atoms with Crippen LogP contribution in [0.1, 0.15) is 97.3 Å². The Kier molecular flexibility index (Phi) is 19.5. The molecule has 8 nitrogen and oxygen atoms in total. The lowest BCUT2D eigenvalue weighted by Crippen LogP contribution is -2.34. The molecule has 0 aromatic rings. The number of hydrogen-bond donors (Lipinski definition) is 2. The number of hydrogen-bond acceptors (Lipinski definition) is 6. The molecule has 0 heterocycles. The number of ether oxygens (including phenoxy) is 2. The standard InChI is InChI=1S/C20H38O7S.H3N/c1-3-5-7-9-11-13-15-26-19(21)17-18(28(23,24)25)20(22)27-16-14-12-10-8-6-4-2;/h18H,3-17H2,1-2H3,(H,23,24,25);1H3/p+1. The van der Waals surface area contributed by atoms with Gasteiger partial charge in [0.15, 0.2) is 5.25 Å². The maximum absolute atomic E-state index is 12.0.